The van der Waals surface area contributed by atoms with Gasteiger partial charge in [0.15, 0.2) is 36.9 Å². The average Bonchev–Trinajstić information content (AvgIpc) is 3.21. The van der Waals surface area contributed by atoms with Gasteiger partial charge in [-0.3, -0.25) is 4.98 Å². The van der Waals surface area contributed by atoms with Crippen LogP contribution in [0.5, 0.6) is 17.2 Å². The number of hydrogen-bond donors (Lipinski definition) is 0. The second kappa shape index (κ2) is 25.0. The van der Waals surface area contributed by atoms with Crippen molar-refractivity contribution in [1.29, 1.82) is 0 Å². The molecule has 0 atom stereocenters. The second-order valence-corrected chi connectivity index (χ2v) is 18.5. The van der Waals surface area contributed by atoms with E-state index in [9.17, 15) is 19.5 Å². The van der Waals surface area contributed by atoms with E-state index in [4.69, 9.17) is 23.7 Å². The smallest absolute Gasteiger partial charge is 0.410 e. The van der Waals surface area contributed by atoms with E-state index in [0.717, 1.165) is 42.9 Å². The fourth-order valence-corrected chi connectivity index (χ4v) is 6.81. The Kier molecular flexibility index (Phi) is 20.9. The van der Waals surface area contributed by atoms with Crippen molar-refractivity contribution in [2.75, 3.05) is 39.3 Å². The fraction of sp³-hybridized carbons (Fsp3) is 0.617. The number of halogens is 1. The molecular formula is C47H71IN6O9. The van der Waals surface area contributed by atoms with Crippen LogP contribution >= 0.6 is 0 Å². The number of ether oxygens (including phenoxy) is 5. The molecule has 6 rings (SSSR count). The molecule has 0 unspecified atom stereocenters. The maximum atomic E-state index is 12.0. The molecule has 0 saturated carbocycles. The monoisotopic (exact) mass is 990 g/mol. The van der Waals surface area contributed by atoms with Gasteiger partial charge < -0.3 is 72.3 Å². The van der Waals surface area contributed by atoms with Crippen molar-refractivity contribution < 1.29 is 76.3 Å². The van der Waals surface area contributed by atoms with Crippen LogP contribution in [0.15, 0.2) is 73.6 Å². The number of pyridine rings is 3. The van der Waals surface area contributed by atoms with Crippen molar-refractivity contribution in [3.8, 4) is 17.2 Å². The first-order valence-electron chi connectivity index (χ1n) is 22.1. The van der Waals surface area contributed by atoms with E-state index < -0.39 is 17.3 Å². The van der Waals surface area contributed by atoms with Gasteiger partial charge in [0.2, 0.25) is 0 Å². The summed E-state index contributed by atoms with van der Waals surface area (Å²) in [6, 6.07) is 12.5. The van der Waals surface area contributed by atoms with Crippen LogP contribution in [-0.4, -0.2) is 107 Å². The van der Waals surface area contributed by atoms with Crippen molar-refractivity contribution in [3.63, 3.8) is 0 Å². The van der Waals surface area contributed by atoms with E-state index in [-0.39, 0.29) is 54.5 Å². The Balaban J connectivity index is 0.000000254. The number of carbonyl (C=O) groups is 3. The number of carbonyl (C=O) groups excluding carboxylic acids is 3. The zero-order chi connectivity index (χ0) is 45.5. The summed E-state index contributed by atoms with van der Waals surface area (Å²) in [7, 11) is 0. The lowest BCUT2D eigenvalue weighted by Crippen LogP contribution is -3.00. The number of carboxylic acid groups (broad SMARTS) is 1. The van der Waals surface area contributed by atoms with Gasteiger partial charge in [0.05, 0.1) is 0 Å². The molecule has 3 fully saturated rings. The van der Waals surface area contributed by atoms with Crippen LogP contribution in [0.25, 0.3) is 0 Å². The van der Waals surface area contributed by atoms with Crippen molar-refractivity contribution in [1.82, 2.24) is 19.7 Å². The fourth-order valence-electron chi connectivity index (χ4n) is 6.81. The van der Waals surface area contributed by atoms with Gasteiger partial charge in [0, 0.05) is 114 Å². The maximum absolute atomic E-state index is 12.0. The van der Waals surface area contributed by atoms with Gasteiger partial charge in [-0.2, -0.15) is 0 Å². The third-order valence-electron chi connectivity index (χ3n) is 10.3. The van der Waals surface area contributed by atoms with E-state index in [1.165, 1.54) is 4.90 Å². The standard InChI is InChI=1S/2C18H29N2O3.C11H14N2O3.HI/c2*1-14(2)19-10-6-15(7-11-19)22-16-8-12-20(13-9-16)17(21)23-18(3,4)5;14-11(15)13-7-3-10(4-8-13)16-9-1-5-12-6-2-9;/h2*6-7,10-11,14,16H,8-9,12-13H2,1-5H3;1-2,5-6,10H,3-4,7-8H2,(H,14,15);1H/q2*+1;;/p-2. The number of piperidine rings is 3. The first kappa shape index (κ1) is 52.7. The molecule has 3 aromatic heterocycles. The Hall–Kier alpha value is -4.61. The van der Waals surface area contributed by atoms with Gasteiger partial charge >= 0.3 is 12.2 Å². The predicted molar refractivity (Wildman–Crippen MR) is 232 cm³/mol. The molecule has 3 saturated heterocycles. The number of amides is 3. The molecule has 0 N–H and O–H groups in total. The average molecular weight is 991 g/mol. The van der Waals surface area contributed by atoms with Crippen molar-refractivity contribution in [2.45, 2.75) is 149 Å². The van der Waals surface area contributed by atoms with Crippen LogP contribution in [0.1, 0.15) is 120 Å². The second-order valence-electron chi connectivity index (χ2n) is 18.5. The minimum Gasteiger partial charge on any atom is -1.00 e. The first-order valence-corrected chi connectivity index (χ1v) is 22.1. The molecule has 0 spiro atoms. The molecule has 350 valence electrons. The van der Waals surface area contributed by atoms with Gasteiger partial charge in [0.1, 0.15) is 52.9 Å². The summed E-state index contributed by atoms with van der Waals surface area (Å²) in [5, 5.41) is 10.6. The molecule has 0 radical (unpaired) electrons. The molecule has 3 amide bonds. The molecular weight excluding hydrogens is 919 g/mol. The summed E-state index contributed by atoms with van der Waals surface area (Å²) < 4.78 is 32.9. The number of rotatable bonds is 8. The number of aromatic nitrogens is 3. The van der Waals surface area contributed by atoms with Crippen LogP contribution < -0.4 is 52.4 Å². The van der Waals surface area contributed by atoms with Crippen molar-refractivity contribution in [2.24, 2.45) is 0 Å². The number of nitrogens with zero attached hydrogens (tertiary/aromatic N) is 6. The Morgan fingerprint density at radius 3 is 1.11 bits per heavy atom. The van der Waals surface area contributed by atoms with Gasteiger partial charge in [0.25, 0.3) is 0 Å². The molecule has 0 bridgehead atoms. The Bertz CT molecular complexity index is 1700. The highest BCUT2D eigenvalue weighted by atomic mass is 127. The molecule has 3 aliphatic heterocycles. The van der Waals surface area contributed by atoms with Gasteiger partial charge in [-0.1, -0.05) is 0 Å². The summed E-state index contributed by atoms with van der Waals surface area (Å²) in [5.41, 5.74) is -0.888. The van der Waals surface area contributed by atoms with E-state index >= 15 is 0 Å². The van der Waals surface area contributed by atoms with Gasteiger partial charge in [-0.05, 0) is 81.4 Å². The molecule has 0 aliphatic carbocycles. The normalized spacial score (nSPS) is 16.4. The highest BCUT2D eigenvalue weighted by Gasteiger charge is 2.29. The summed E-state index contributed by atoms with van der Waals surface area (Å²) in [6.45, 7) is 23.6. The molecule has 16 heteroatoms. The Labute approximate surface area is 392 Å². The minimum atomic E-state index is -1.10. The van der Waals surface area contributed by atoms with Crippen molar-refractivity contribution in [3.05, 3.63) is 73.6 Å². The molecule has 6 heterocycles. The van der Waals surface area contributed by atoms with Crippen LogP contribution in [0, 0.1) is 0 Å². The van der Waals surface area contributed by atoms with E-state index in [1.807, 2.05) is 90.6 Å². The van der Waals surface area contributed by atoms with Gasteiger partial charge in [-0.15, -0.1) is 0 Å². The van der Waals surface area contributed by atoms with Crippen LogP contribution in [0.3, 0.4) is 0 Å². The number of hydrogen-bond acceptors (Lipinski definition) is 10. The van der Waals surface area contributed by atoms with Crippen molar-refractivity contribution >= 4 is 18.3 Å². The summed E-state index contributed by atoms with van der Waals surface area (Å²) >= 11 is 0. The lowest BCUT2D eigenvalue weighted by atomic mass is 10.1. The first-order chi connectivity index (χ1) is 29.2. The van der Waals surface area contributed by atoms with E-state index in [1.54, 1.807) is 34.3 Å². The largest absolute Gasteiger partial charge is 1.00 e. The molecule has 3 aliphatic rings. The highest BCUT2D eigenvalue weighted by Crippen LogP contribution is 2.22. The Morgan fingerprint density at radius 1 is 0.556 bits per heavy atom. The minimum absolute atomic E-state index is 0. The number of likely N-dealkylation sites (tertiary alicyclic amines) is 3. The zero-order valence-corrected chi connectivity index (χ0v) is 41.2. The van der Waals surface area contributed by atoms with E-state index in [0.29, 0.717) is 64.2 Å². The zero-order valence-electron chi connectivity index (χ0n) is 39.0. The third-order valence-corrected chi connectivity index (χ3v) is 10.3. The summed E-state index contributed by atoms with van der Waals surface area (Å²) in [4.78, 5) is 43.4. The molecule has 15 nitrogen and oxygen atoms in total. The molecule has 63 heavy (non-hydrogen) atoms. The van der Waals surface area contributed by atoms with Gasteiger partial charge in [-0.25, -0.2) is 18.7 Å². The van der Waals surface area contributed by atoms with Crippen LogP contribution in [0.4, 0.5) is 14.4 Å². The van der Waals surface area contributed by atoms with E-state index in [2.05, 4.69) is 41.8 Å². The highest BCUT2D eigenvalue weighted by molar-refractivity contribution is 5.68. The maximum Gasteiger partial charge on any atom is 0.410 e. The van der Waals surface area contributed by atoms with Crippen LogP contribution in [0.2, 0.25) is 0 Å². The predicted octanol–water partition coefficient (Wildman–Crippen LogP) is 3.94. The third kappa shape index (κ3) is 19.4. The lowest BCUT2D eigenvalue weighted by molar-refractivity contribution is -0.716. The topological polar surface area (TPSA) is 151 Å². The van der Waals surface area contributed by atoms with Crippen LogP contribution in [-0.2, 0) is 9.47 Å². The lowest BCUT2D eigenvalue weighted by Gasteiger charge is -2.33. The SMILES string of the molecule is CC(C)[n+]1ccc(OC2CCN(C(=O)OC(C)(C)C)CC2)cc1.CC(C)[n+]1ccc(OC2CCN(C(=O)OC(C)(C)C)CC2)cc1.O=C([O-])N1CCC(Oc2ccncc2)CC1.[I-]. The summed E-state index contributed by atoms with van der Waals surface area (Å²) in [5.74, 6) is 2.55. The Morgan fingerprint density at radius 2 is 0.841 bits per heavy atom. The summed E-state index contributed by atoms with van der Waals surface area (Å²) in [6.07, 6.45) is 15.1. The molecule has 0 aromatic carbocycles. The quantitative estimate of drug-likeness (QED) is 0.240. The molecule has 3 aromatic rings.